The SMILES string of the molecule is CNC(C)C(=O)NC(C(=O)N1CCCC1C(=O)Nc1ccccn1)C1CCCCC1. The molecule has 3 atom stereocenters. The molecule has 1 aliphatic heterocycles. The molecule has 0 aromatic carbocycles. The minimum absolute atomic E-state index is 0.111. The molecule has 3 amide bonds. The Hall–Kier alpha value is -2.48. The van der Waals surface area contributed by atoms with E-state index in [2.05, 4.69) is 20.9 Å². The second kappa shape index (κ2) is 10.5. The third-order valence-corrected chi connectivity index (χ3v) is 6.27. The van der Waals surface area contributed by atoms with Gasteiger partial charge in [-0.2, -0.15) is 0 Å². The molecule has 1 saturated heterocycles. The molecular formula is C22H33N5O3. The summed E-state index contributed by atoms with van der Waals surface area (Å²) in [6.07, 6.45) is 8.13. The van der Waals surface area contributed by atoms with Gasteiger partial charge in [0.05, 0.1) is 6.04 Å². The van der Waals surface area contributed by atoms with Gasteiger partial charge in [-0.3, -0.25) is 14.4 Å². The van der Waals surface area contributed by atoms with Crippen molar-refractivity contribution in [3.8, 4) is 0 Å². The molecule has 164 valence electrons. The van der Waals surface area contributed by atoms with E-state index in [0.717, 1.165) is 38.5 Å². The fourth-order valence-corrected chi connectivity index (χ4v) is 4.39. The molecule has 1 aliphatic carbocycles. The first-order valence-electron chi connectivity index (χ1n) is 11.0. The lowest BCUT2D eigenvalue weighted by Crippen LogP contribution is -2.57. The molecule has 0 bridgehead atoms. The van der Waals surface area contributed by atoms with Crippen LogP contribution in [-0.2, 0) is 14.4 Å². The van der Waals surface area contributed by atoms with Gasteiger partial charge in [0, 0.05) is 12.7 Å². The summed E-state index contributed by atoms with van der Waals surface area (Å²) in [5.41, 5.74) is 0. The second-order valence-electron chi connectivity index (χ2n) is 8.29. The van der Waals surface area contributed by atoms with Crippen molar-refractivity contribution in [1.82, 2.24) is 20.5 Å². The Morgan fingerprint density at radius 1 is 1.10 bits per heavy atom. The van der Waals surface area contributed by atoms with Crippen molar-refractivity contribution < 1.29 is 14.4 Å². The number of likely N-dealkylation sites (tertiary alicyclic amines) is 1. The predicted octanol–water partition coefficient (Wildman–Crippen LogP) is 1.68. The molecule has 2 aliphatic rings. The predicted molar refractivity (Wildman–Crippen MR) is 115 cm³/mol. The number of anilines is 1. The van der Waals surface area contributed by atoms with Crippen molar-refractivity contribution in [2.75, 3.05) is 18.9 Å². The van der Waals surface area contributed by atoms with Crippen LogP contribution in [0.15, 0.2) is 24.4 Å². The minimum Gasteiger partial charge on any atom is -0.343 e. The first-order valence-corrected chi connectivity index (χ1v) is 11.0. The smallest absolute Gasteiger partial charge is 0.248 e. The third-order valence-electron chi connectivity index (χ3n) is 6.27. The van der Waals surface area contributed by atoms with Crippen LogP contribution in [0.5, 0.6) is 0 Å². The van der Waals surface area contributed by atoms with Gasteiger partial charge in [-0.15, -0.1) is 0 Å². The molecule has 8 heteroatoms. The lowest BCUT2D eigenvalue weighted by molar-refractivity contribution is -0.142. The number of aromatic nitrogens is 1. The zero-order valence-electron chi connectivity index (χ0n) is 17.9. The molecule has 1 aromatic heterocycles. The monoisotopic (exact) mass is 415 g/mol. The number of rotatable bonds is 7. The van der Waals surface area contributed by atoms with Gasteiger partial charge in [-0.05, 0) is 57.7 Å². The molecule has 30 heavy (non-hydrogen) atoms. The zero-order chi connectivity index (χ0) is 21.5. The van der Waals surface area contributed by atoms with Crippen LogP contribution < -0.4 is 16.0 Å². The van der Waals surface area contributed by atoms with Crippen LogP contribution in [0.3, 0.4) is 0 Å². The van der Waals surface area contributed by atoms with E-state index in [4.69, 9.17) is 0 Å². The average Bonchev–Trinajstić information content (AvgIpc) is 3.27. The maximum absolute atomic E-state index is 13.6. The Balaban J connectivity index is 1.74. The topological polar surface area (TPSA) is 103 Å². The van der Waals surface area contributed by atoms with Gasteiger partial charge in [0.15, 0.2) is 0 Å². The standard InChI is InChI=1S/C22H33N5O3/c1-15(23-2)20(28)26-19(16-9-4-3-5-10-16)22(30)27-14-8-11-17(27)21(29)25-18-12-6-7-13-24-18/h6-7,12-13,15-17,19,23H,3-5,8-11,14H2,1-2H3,(H,26,28)(H,24,25,29). The van der Waals surface area contributed by atoms with Crippen LogP contribution >= 0.6 is 0 Å². The van der Waals surface area contributed by atoms with E-state index >= 15 is 0 Å². The first kappa shape index (κ1) is 22.2. The van der Waals surface area contributed by atoms with Gasteiger partial charge in [-0.1, -0.05) is 25.3 Å². The van der Waals surface area contributed by atoms with E-state index < -0.39 is 12.1 Å². The van der Waals surface area contributed by atoms with Gasteiger partial charge in [0.2, 0.25) is 17.7 Å². The molecular weight excluding hydrogens is 382 g/mol. The van der Waals surface area contributed by atoms with E-state index in [1.807, 2.05) is 0 Å². The molecule has 3 N–H and O–H groups in total. The summed E-state index contributed by atoms with van der Waals surface area (Å²) in [4.78, 5) is 44.8. The Morgan fingerprint density at radius 2 is 1.87 bits per heavy atom. The summed E-state index contributed by atoms with van der Waals surface area (Å²) in [5, 5.41) is 8.73. The zero-order valence-corrected chi connectivity index (χ0v) is 17.9. The van der Waals surface area contributed by atoms with E-state index in [9.17, 15) is 14.4 Å². The molecule has 2 heterocycles. The Kier molecular flexibility index (Phi) is 7.79. The molecule has 3 rings (SSSR count). The number of nitrogens with zero attached hydrogens (tertiary/aromatic N) is 2. The second-order valence-corrected chi connectivity index (χ2v) is 8.29. The van der Waals surface area contributed by atoms with Crippen LogP contribution in [0.25, 0.3) is 0 Å². The molecule has 0 radical (unpaired) electrons. The van der Waals surface area contributed by atoms with Gasteiger partial charge >= 0.3 is 0 Å². The lowest BCUT2D eigenvalue weighted by Gasteiger charge is -2.35. The molecule has 3 unspecified atom stereocenters. The molecule has 1 saturated carbocycles. The van der Waals surface area contributed by atoms with Crippen molar-refractivity contribution in [1.29, 1.82) is 0 Å². The van der Waals surface area contributed by atoms with Gasteiger partial charge in [-0.25, -0.2) is 4.98 Å². The highest BCUT2D eigenvalue weighted by Gasteiger charge is 2.41. The minimum atomic E-state index is -0.586. The first-order chi connectivity index (χ1) is 14.5. The number of nitrogens with one attached hydrogen (secondary N) is 3. The highest BCUT2D eigenvalue weighted by Crippen LogP contribution is 2.29. The maximum Gasteiger partial charge on any atom is 0.248 e. The van der Waals surface area contributed by atoms with Gasteiger partial charge in [0.25, 0.3) is 0 Å². The van der Waals surface area contributed by atoms with Crippen LogP contribution in [0, 0.1) is 5.92 Å². The number of hydrogen-bond acceptors (Lipinski definition) is 5. The molecule has 2 fully saturated rings. The van der Waals surface area contributed by atoms with Crippen molar-refractivity contribution >= 4 is 23.5 Å². The fourth-order valence-electron chi connectivity index (χ4n) is 4.39. The van der Waals surface area contributed by atoms with Crippen molar-refractivity contribution in [3.63, 3.8) is 0 Å². The third kappa shape index (κ3) is 5.36. The number of hydrogen-bond donors (Lipinski definition) is 3. The number of carbonyl (C=O) groups excluding carboxylic acids is 3. The van der Waals surface area contributed by atoms with Crippen molar-refractivity contribution in [2.45, 2.75) is 70.0 Å². The van der Waals surface area contributed by atoms with E-state index in [1.165, 1.54) is 0 Å². The summed E-state index contributed by atoms with van der Waals surface area (Å²) >= 11 is 0. The highest BCUT2D eigenvalue weighted by molar-refractivity contribution is 5.98. The summed E-state index contributed by atoms with van der Waals surface area (Å²) in [6, 6.07) is 3.80. The van der Waals surface area contributed by atoms with Crippen LogP contribution in [0.4, 0.5) is 5.82 Å². The Bertz CT molecular complexity index is 736. The Labute approximate surface area is 178 Å². The van der Waals surface area contributed by atoms with Crippen LogP contribution in [0.2, 0.25) is 0 Å². The Morgan fingerprint density at radius 3 is 2.53 bits per heavy atom. The number of carbonyl (C=O) groups is 3. The number of pyridine rings is 1. The van der Waals surface area contributed by atoms with Gasteiger partial charge in [0.1, 0.15) is 17.9 Å². The van der Waals surface area contributed by atoms with Crippen LogP contribution in [0.1, 0.15) is 51.9 Å². The maximum atomic E-state index is 13.6. The largest absolute Gasteiger partial charge is 0.343 e. The van der Waals surface area contributed by atoms with E-state index in [0.29, 0.717) is 18.8 Å². The van der Waals surface area contributed by atoms with Crippen LogP contribution in [-0.4, -0.2) is 59.3 Å². The summed E-state index contributed by atoms with van der Waals surface area (Å²) in [5.74, 6) is 0.0327. The number of amides is 3. The summed E-state index contributed by atoms with van der Waals surface area (Å²) in [6.45, 7) is 2.30. The highest BCUT2D eigenvalue weighted by atomic mass is 16.2. The summed E-state index contributed by atoms with van der Waals surface area (Å²) < 4.78 is 0. The quantitative estimate of drug-likeness (QED) is 0.629. The molecule has 1 aromatic rings. The number of likely N-dealkylation sites (N-methyl/N-ethyl adjacent to an activating group) is 1. The summed E-state index contributed by atoms with van der Waals surface area (Å²) in [7, 11) is 1.72. The molecule has 8 nitrogen and oxygen atoms in total. The average molecular weight is 416 g/mol. The lowest BCUT2D eigenvalue weighted by atomic mass is 9.83. The fraction of sp³-hybridized carbons (Fsp3) is 0.636. The van der Waals surface area contributed by atoms with Crippen molar-refractivity contribution in [2.24, 2.45) is 5.92 Å². The van der Waals surface area contributed by atoms with Gasteiger partial charge < -0.3 is 20.9 Å². The van der Waals surface area contributed by atoms with E-state index in [1.54, 1.807) is 43.3 Å². The van der Waals surface area contributed by atoms with Crippen molar-refractivity contribution in [3.05, 3.63) is 24.4 Å². The normalized spacial score (nSPS) is 21.7. The van der Waals surface area contributed by atoms with E-state index in [-0.39, 0.29) is 29.7 Å². The molecule has 0 spiro atoms.